The third-order valence-corrected chi connectivity index (χ3v) is 5.52. The normalized spacial score (nSPS) is 25.8. The monoisotopic (exact) mass is 364 g/mol. The molecule has 0 amide bonds. The molecule has 2 aliphatic rings. The van der Waals surface area contributed by atoms with E-state index in [1.165, 1.54) is 12.2 Å². The van der Waals surface area contributed by atoms with E-state index in [0.717, 1.165) is 23.3 Å². The highest BCUT2D eigenvalue weighted by molar-refractivity contribution is 5.44. The minimum Gasteiger partial charge on any atom is -0.169 e. The van der Waals surface area contributed by atoms with Crippen molar-refractivity contribution >= 4 is 0 Å². The largest absolute Gasteiger partial charge is 0.410 e. The van der Waals surface area contributed by atoms with E-state index in [2.05, 4.69) is 0 Å². The molecule has 0 saturated heterocycles. The van der Waals surface area contributed by atoms with Gasteiger partial charge in [0.15, 0.2) is 0 Å². The van der Waals surface area contributed by atoms with Gasteiger partial charge >= 0.3 is 12.4 Å². The third kappa shape index (κ3) is 3.20. The molecule has 0 spiro atoms. The van der Waals surface area contributed by atoms with Gasteiger partial charge in [-0.3, -0.25) is 0 Å². The quantitative estimate of drug-likeness (QED) is 0.466. The Morgan fingerprint density at radius 1 is 0.680 bits per heavy atom. The Hall–Kier alpha value is -1.46. The van der Waals surface area contributed by atoms with Crippen LogP contribution in [0.1, 0.15) is 40.5 Å². The van der Waals surface area contributed by atoms with E-state index < -0.39 is 28.9 Å². The summed E-state index contributed by atoms with van der Waals surface area (Å²) in [4.78, 5) is 0. The molecule has 0 aliphatic heterocycles. The van der Waals surface area contributed by atoms with E-state index in [1.54, 1.807) is 27.7 Å². The van der Waals surface area contributed by atoms with Crippen LogP contribution in [-0.2, 0) is 0 Å². The summed E-state index contributed by atoms with van der Waals surface area (Å²) < 4.78 is 84.3. The maximum absolute atomic E-state index is 14.0. The molecule has 0 saturated carbocycles. The lowest BCUT2D eigenvalue weighted by atomic mass is 9.64. The predicted molar refractivity (Wildman–Crippen MR) is 85.8 cm³/mol. The predicted octanol–water partition coefficient (Wildman–Crippen LogP) is 6.92. The molecular formula is C19H22F6. The molecular weight excluding hydrogens is 342 g/mol. The van der Waals surface area contributed by atoms with Gasteiger partial charge in [0, 0.05) is 0 Å². The Morgan fingerprint density at radius 3 is 1.24 bits per heavy atom. The van der Waals surface area contributed by atoms with Crippen LogP contribution in [0.2, 0.25) is 0 Å². The summed E-state index contributed by atoms with van der Waals surface area (Å²) in [5.41, 5.74) is -3.59. The minimum atomic E-state index is -5.46. The number of rotatable bonds is 2. The van der Waals surface area contributed by atoms with Crippen molar-refractivity contribution in [2.75, 3.05) is 0 Å². The van der Waals surface area contributed by atoms with Gasteiger partial charge in [-0.2, -0.15) is 26.3 Å². The van der Waals surface area contributed by atoms with Crippen molar-refractivity contribution < 1.29 is 26.3 Å². The van der Waals surface area contributed by atoms with Crippen LogP contribution in [0.4, 0.5) is 26.3 Å². The van der Waals surface area contributed by atoms with E-state index in [-0.39, 0.29) is 24.7 Å². The zero-order valence-corrected chi connectivity index (χ0v) is 14.6. The molecule has 2 unspecified atom stereocenters. The van der Waals surface area contributed by atoms with E-state index in [1.807, 2.05) is 0 Å². The average molecular weight is 364 g/mol. The highest BCUT2D eigenvalue weighted by Crippen LogP contribution is 2.62. The van der Waals surface area contributed by atoms with Gasteiger partial charge in [0.2, 0.25) is 5.41 Å². The first-order valence-corrected chi connectivity index (χ1v) is 8.21. The van der Waals surface area contributed by atoms with Gasteiger partial charge in [0.25, 0.3) is 0 Å². The molecule has 0 radical (unpaired) electrons. The van der Waals surface area contributed by atoms with Crippen molar-refractivity contribution in [2.45, 2.75) is 52.9 Å². The van der Waals surface area contributed by atoms with E-state index >= 15 is 0 Å². The molecule has 2 rings (SSSR count). The SMILES string of the molecule is CC1=CC=C(C(C2=CC=C(C)C(C)C2)(C(F)(F)F)C(F)(F)F)CC1C. The van der Waals surface area contributed by atoms with Crippen LogP contribution in [0.3, 0.4) is 0 Å². The summed E-state index contributed by atoms with van der Waals surface area (Å²) in [6, 6.07) is 0. The summed E-state index contributed by atoms with van der Waals surface area (Å²) in [5.74, 6) is -0.717. The Bertz CT molecular complexity index is 596. The molecule has 0 aromatic carbocycles. The van der Waals surface area contributed by atoms with E-state index in [0.29, 0.717) is 0 Å². The second-order valence-electron chi connectivity index (χ2n) is 7.16. The average Bonchev–Trinajstić information content (AvgIpc) is 2.44. The number of alkyl halides is 6. The Labute approximate surface area is 144 Å². The summed E-state index contributed by atoms with van der Waals surface area (Å²) in [7, 11) is 0. The molecule has 0 heterocycles. The number of hydrogen-bond donors (Lipinski definition) is 0. The fraction of sp³-hybridized carbons (Fsp3) is 0.579. The maximum Gasteiger partial charge on any atom is 0.410 e. The first-order chi connectivity index (χ1) is 11.3. The molecule has 6 heteroatoms. The number of hydrogen-bond acceptors (Lipinski definition) is 0. The summed E-state index contributed by atoms with van der Waals surface area (Å²) >= 11 is 0. The second-order valence-corrected chi connectivity index (χ2v) is 7.16. The van der Waals surface area contributed by atoms with Crippen LogP contribution in [0.15, 0.2) is 46.6 Å². The molecule has 0 bridgehead atoms. The maximum atomic E-state index is 14.0. The highest BCUT2D eigenvalue weighted by Gasteiger charge is 2.73. The summed E-state index contributed by atoms with van der Waals surface area (Å²) in [6.45, 7) is 6.74. The third-order valence-electron chi connectivity index (χ3n) is 5.52. The molecule has 140 valence electrons. The Kier molecular flexibility index (Phi) is 5.05. The van der Waals surface area contributed by atoms with Crippen molar-refractivity contribution in [1.29, 1.82) is 0 Å². The van der Waals surface area contributed by atoms with Crippen molar-refractivity contribution in [3.8, 4) is 0 Å². The lowest BCUT2D eigenvalue weighted by molar-refractivity contribution is -0.312. The second kappa shape index (κ2) is 6.36. The van der Waals surface area contributed by atoms with E-state index in [4.69, 9.17) is 0 Å². The highest BCUT2D eigenvalue weighted by atomic mass is 19.4. The lowest BCUT2D eigenvalue weighted by Gasteiger charge is -2.44. The van der Waals surface area contributed by atoms with Gasteiger partial charge in [-0.15, -0.1) is 0 Å². The topological polar surface area (TPSA) is 0 Å². The standard InChI is InChI=1S/C19H22F6/c1-11-5-7-15(9-13(11)3)17(18(20,21)22,19(23,24)25)16-8-6-12(2)14(4)10-16/h5-8,13-14H,9-10H2,1-4H3. The lowest BCUT2D eigenvalue weighted by Crippen LogP contribution is -2.53. The first kappa shape index (κ1) is 19.9. The molecule has 0 fully saturated rings. The number of allylic oxidation sites excluding steroid dienone is 8. The van der Waals surface area contributed by atoms with Gasteiger partial charge in [0.1, 0.15) is 0 Å². The van der Waals surface area contributed by atoms with Crippen LogP contribution in [0.5, 0.6) is 0 Å². The van der Waals surface area contributed by atoms with E-state index in [9.17, 15) is 26.3 Å². The minimum absolute atomic E-state index is 0.254. The van der Waals surface area contributed by atoms with Crippen LogP contribution in [0.25, 0.3) is 0 Å². The van der Waals surface area contributed by atoms with Crippen LogP contribution in [0, 0.1) is 17.3 Å². The van der Waals surface area contributed by atoms with Gasteiger partial charge in [-0.25, -0.2) is 0 Å². The van der Waals surface area contributed by atoms with Crippen molar-refractivity contribution in [2.24, 2.45) is 17.3 Å². The molecule has 0 N–H and O–H groups in total. The van der Waals surface area contributed by atoms with Gasteiger partial charge in [-0.05, 0) is 49.7 Å². The zero-order valence-electron chi connectivity index (χ0n) is 14.6. The summed E-state index contributed by atoms with van der Waals surface area (Å²) in [6.07, 6.45) is -6.63. The molecule has 2 atom stereocenters. The fourth-order valence-corrected chi connectivity index (χ4v) is 3.56. The van der Waals surface area contributed by atoms with Crippen LogP contribution >= 0.6 is 0 Å². The first-order valence-electron chi connectivity index (χ1n) is 8.21. The molecule has 0 aromatic rings. The van der Waals surface area contributed by atoms with Crippen molar-refractivity contribution in [1.82, 2.24) is 0 Å². The smallest absolute Gasteiger partial charge is 0.169 e. The molecule has 2 aliphatic carbocycles. The van der Waals surface area contributed by atoms with Crippen LogP contribution < -0.4 is 0 Å². The Balaban J connectivity index is 2.77. The zero-order chi connectivity index (χ0) is 19.2. The van der Waals surface area contributed by atoms with Gasteiger partial charge in [-0.1, -0.05) is 49.3 Å². The van der Waals surface area contributed by atoms with Crippen LogP contribution in [-0.4, -0.2) is 12.4 Å². The molecule has 0 nitrogen and oxygen atoms in total. The van der Waals surface area contributed by atoms with Gasteiger partial charge < -0.3 is 0 Å². The number of halogens is 6. The Morgan fingerprint density at radius 2 is 1.00 bits per heavy atom. The van der Waals surface area contributed by atoms with Crippen molar-refractivity contribution in [3.05, 3.63) is 46.6 Å². The molecule has 25 heavy (non-hydrogen) atoms. The fourth-order valence-electron chi connectivity index (χ4n) is 3.56. The van der Waals surface area contributed by atoms with Gasteiger partial charge in [0.05, 0.1) is 0 Å². The summed E-state index contributed by atoms with van der Waals surface area (Å²) in [5, 5.41) is 0. The molecule has 0 aromatic heterocycles. The van der Waals surface area contributed by atoms with Crippen molar-refractivity contribution in [3.63, 3.8) is 0 Å².